The summed E-state index contributed by atoms with van der Waals surface area (Å²) in [5, 5.41) is -0.0528. The highest BCUT2D eigenvalue weighted by molar-refractivity contribution is 5.89. The Bertz CT molecular complexity index is 1280. The van der Waals surface area contributed by atoms with E-state index in [1.54, 1.807) is 6.07 Å². The fourth-order valence-corrected chi connectivity index (χ4v) is 3.80. The van der Waals surface area contributed by atoms with Crippen molar-refractivity contribution in [1.29, 1.82) is 0 Å². The summed E-state index contributed by atoms with van der Waals surface area (Å²) in [7, 11) is 1.20. The molecule has 3 aromatic rings. The predicted molar refractivity (Wildman–Crippen MR) is 116 cm³/mol. The molecule has 0 atom stereocenters. The number of carbonyl (C=O) groups is 1. The summed E-state index contributed by atoms with van der Waals surface area (Å²) in [4.78, 5) is 26.7. The summed E-state index contributed by atoms with van der Waals surface area (Å²) >= 11 is 0. The first-order valence-electron chi connectivity index (χ1n) is 10.5. The third kappa shape index (κ3) is 4.58. The Kier molecular flexibility index (Phi) is 6.26. The minimum atomic E-state index is -5.00. The molecule has 0 bridgehead atoms. The molecule has 0 N–H and O–H groups in total. The lowest BCUT2D eigenvalue weighted by atomic mass is 10.1. The summed E-state index contributed by atoms with van der Waals surface area (Å²) in [6.45, 7) is 5.26. The van der Waals surface area contributed by atoms with Gasteiger partial charge in [0, 0.05) is 13.1 Å². The smallest absolute Gasteiger partial charge is 0.453 e. The lowest BCUT2D eigenvalue weighted by Gasteiger charge is -2.30. The van der Waals surface area contributed by atoms with E-state index in [2.05, 4.69) is 4.74 Å². The largest absolute Gasteiger partial charge is 0.478 e. The monoisotopic (exact) mass is 477 g/mol. The number of fused-ring (bicyclic) bond motifs is 3. The topological polar surface area (TPSA) is 78.2 Å². The van der Waals surface area contributed by atoms with E-state index in [0.29, 0.717) is 23.8 Å². The van der Waals surface area contributed by atoms with Gasteiger partial charge < -0.3 is 18.6 Å². The van der Waals surface area contributed by atoms with Crippen LogP contribution in [0.4, 0.5) is 13.2 Å². The summed E-state index contributed by atoms with van der Waals surface area (Å²) in [6, 6.07) is 8.07. The Morgan fingerprint density at radius 2 is 1.85 bits per heavy atom. The Hall–Kier alpha value is -3.53. The van der Waals surface area contributed by atoms with Crippen LogP contribution in [0.3, 0.4) is 0 Å². The van der Waals surface area contributed by atoms with Gasteiger partial charge in [-0.15, -0.1) is 0 Å². The van der Waals surface area contributed by atoms with Crippen LogP contribution in [0.15, 0.2) is 45.6 Å². The molecule has 0 spiro atoms. The minimum absolute atomic E-state index is 0.0528. The van der Waals surface area contributed by atoms with E-state index in [4.69, 9.17) is 13.9 Å². The fraction of sp³-hybridized carbons (Fsp3) is 0.333. The Balaban J connectivity index is 1.81. The maximum absolute atomic E-state index is 13.9. The molecule has 0 saturated carbocycles. The molecule has 0 saturated heterocycles. The molecule has 4 rings (SSSR count). The molecule has 0 unspecified atom stereocenters. The number of rotatable bonds is 5. The first kappa shape index (κ1) is 23.6. The second-order valence-electron chi connectivity index (χ2n) is 8.30. The summed E-state index contributed by atoms with van der Waals surface area (Å²) < 4.78 is 62.8. The zero-order valence-corrected chi connectivity index (χ0v) is 18.7. The molecule has 0 aliphatic carbocycles. The standard InChI is InChI=1S/C24H22F3NO6/c1-13(2)10-28-11-17-18(32-12-28)9-8-16-19(29)21(22(24(25,26)27)34-20(16)17)33-15-6-4-14(5-7-15)23(30)31-3/h4-9,13H,10-12H2,1-3H3. The van der Waals surface area contributed by atoms with Crippen molar-refractivity contribution in [2.24, 2.45) is 5.92 Å². The van der Waals surface area contributed by atoms with Crippen molar-refractivity contribution in [2.75, 3.05) is 20.4 Å². The molecule has 0 amide bonds. The number of nitrogens with zero attached hydrogens (tertiary/aromatic N) is 1. The second kappa shape index (κ2) is 9.02. The van der Waals surface area contributed by atoms with Crippen molar-refractivity contribution in [1.82, 2.24) is 4.90 Å². The normalized spacial score (nSPS) is 14.1. The molecular formula is C24H22F3NO6. The van der Waals surface area contributed by atoms with Crippen molar-refractivity contribution in [3.8, 4) is 17.2 Å². The quantitative estimate of drug-likeness (QED) is 0.468. The van der Waals surface area contributed by atoms with Gasteiger partial charge in [-0.2, -0.15) is 13.2 Å². The van der Waals surface area contributed by atoms with Gasteiger partial charge in [0.05, 0.1) is 23.6 Å². The van der Waals surface area contributed by atoms with Crippen LogP contribution in [0.5, 0.6) is 17.2 Å². The van der Waals surface area contributed by atoms with Crippen LogP contribution in [0.25, 0.3) is 11.0 Å². The highest BCUT2D eigenvalue weighted by Gasteiger charge is 2.41. The number of hydrogen-bond donors (Lipinski definition) is 0. The molecule has 1 aromatic heterocycles. The fourth-order valence-electron chi connectivity index (χ4n) is 3.80. The van der Waals surface area contributed by atoms with E-state index in [1.165, 1.54) is 37.4 Å². The maximum Gasteiger partial charge on any atom is 0.453 e. The van der Waals surface area contributed by atoms with Crippen LogP contribution < -0.4 is 14.9 Å². The Morgan fingerprint density at radius 1 is 1.15 bits per heavy atom. The van der Waals surface area contributed by atoms with Crippen molar-refractivity contribution >= 4 is 16.9 Å². The van der Waals surface area contributed by atoms with Gasteiger partial charge in [-0.1, -0.05) is 13.8 Å². The van der Waals surface area contributed by atoms with E-state index in [1.807, 2.05) is 18.7 Å². The van der Waals surface area contributed by atoms with Gasteiger partial charge in [0.2, 0.25) is 11.2 Å². The molecule has 0 radical (unpaired) electrons. The zero-order valence-electron chi connectivity index (χ0n) is 18.7. The van der Waals surface area contributed by atoms with Crippen LogP contribution in [0.2, 0.25) is 0 Å². The molecule has 0 fully saturated rings. The van der Waals surface area contributed by atoms with Crippen molar-refractivity contribution in [3.05, 3.63) is 63.5 Å². The van der Waals surface area contributed by atoms with E-state index in [9.17, 15) is 22.8 Å². The van der Waals surface area contributed by atoms with E-state index < -0.39 is 29.1 Å². The number of methoxy groups -OCH3 is 1. The van der Waals surface area contributed by atoms with E-state index in [-0.39, 0.29) is 35.6 Å². The lowest BCUT2D eigenvalue weighted by Crippen LogP contribution is -2.35. The van der Waals surface area contributed by atoms with Crippen molar-refractivity contribution in [3.63, 3.8) is 0 Å². The van der Waals surface area contributed by atoms with Crippen LogP contribution in [-0.4, -0.2) is 31.3 Å². The average Bonchev–Trinajstić information content (AvgIpc) is 2.79. The molecule has 2 heterocycles. The number of halogens is 3. The number of alkyl halides is 3. The molecule has 1 aliphatic heterocycles. The predicted octanol–water partition coefficient (Wildman–Crippen LogP) is 5.20. The summed E-state index contributed by atoms with van der Waals surface area (Å²) in [5.74, 6) is -2.54. The number of carbonyl (C=O) groups excluding carboxylic acids is 1. The molecule has 34 heavy (non-hydrogen) atoms. The van der Waals surface area contributed by atoms with Gasteiger partial charge in [-0.05, 0) is 42.3 Å². The molecule has 180 valence electrons. The van der Waals surface area contributed by atoms with Crippen molar-refractivity contribution in [2.45, 2.75) is 26.6 Å². The Labute approximate surface area is 192 Å². The number of benzene rings is 2. The van der Waals surface area contributed by atoms with Crippen molar-refractivity contribution < 1.29 is 36.6 Å². The van der Waals surface area contributed by atoms with Crippen LogP contribution in [0, 0.1) is 5.92 Å². The number of hydrogen-bond acceptors (Lipinski definition) is 7. The van der Waals surface area contributed by atoms with Gasteiger partial charge in [-0.25, -0.2) is 4.79 Å². The third-order valence-corrected chi connectivity index (χ3v) is 5.24. The van der Waals surface area contributed by atoms with Gasteiger partial charge >= 0.3 is 12.1 Å². The van der Waals surface area contributed by atoms with Gasteiger partial charge in [-0.3, -0.25) is 9.69 Å². The summed E-state index contributed by atoms with van der Waals surface area (Å²) in [5.41, 5.74) is -0.596. The van der Waals surface area contributed by atoms with Gasteiger partial charge in [0.25, 0.3) is 5.76 Å². The summed E-state index contributed by atoms with van der Waals surface area (Å²) in [6.07, 6.45) is -5.00. The SMILES string of the molecule is COC(=O)c1ccc(Oc2c(C(F)(F)F)oc3c4c(ccc3c2=O)OCN(CC(C)C)C4)cc1. The Morgan fingerprint density at radius 3 is 2.47 bits per heavy atom. The maximum atomic E-state index is 13.9. The van der Waals surface area contributed by atoms with Crippen LogP contribution >= 0.6 is 0 Å². The van der Waals surface area contributed by atoms with Crippen LogP contribution in [0.1, 0.15) is 35.5 Å². The first-order chi connectivity index (χ1) is 16.1. The van der Waals surface area contributed by atoms with E-state index >= 15 is 0 Å². The number of esters is 1. The molecule has 7 nitrogen and oxygen atoms in total. The highest BCUT2D eigenvalue weighted by atomic mass is 19.4. The molecule has 1 aliphatic rings. The minimum Gasteiger partial charge on any atom is -0.478 e. The molecular weight excluding hydrogens is 455 g/mol. The van der Waals surface area contributed by atoms with E-state index in [0.717, 1.165) is 0 Å². The highest BCUT2D eigenvalue weighted by Crippen LogP contribution is 2.41. The molecule has 2 aromatic carbocycles. The third-order valence-electron chi connectivity index (χ3n) is 5.24. The van der Waals surface area contributed by atoms with Gasteiger partial charge in [0.15, 0.2) is 0 Å². The van der Waals surface area contributed by atoms with Gasteiger partial charge in [0.1, 0.15) is 23.8 Å². The van der Waals surface area contributed by atoms with Crippen LogP contribution in [-0.2, 0) is 17.5 Å². The average molecular weight is 477 g/mol. The number of ether oxygens (including phenoxy) is 3. The lowest BCUT2D eigenvalue weighted by molar-refractivity contribution is -0.154. The zero-order chi connectivity index (χ0) is 24.6. The molecule has 10 heteroatoms. The first-order valence-corrected chi connectivity index (χ1v) is 10.5. The second-order valence-corrected chi connectivity index (χ2v) is 8.30.